The minimum atomic E-state index is -1.75. The Labute approximate surface area is 114 Å². The molecule has 0 radical (unpaired) electrons. The van der Waals surface area contributed by atoms with Gasteiger partial charge in [-0.3, -0.25) is 0 Å². The van der Waals surface area contributed by atoms with Crippen LogP contribution in [0.15, 0.2) is 11.9 Å². The zero-order chi connectivity index (χ0) is 14.4. The second-order valence-corrected chi connectivity index (χ2v) is 14.7. The smallest absolute Gasteiger partial charge is 0.349 e. The molecule has 0 unspecified atom stereocenters. The number of hydrogen-bond donors (Lipinski definition) is 0. The molecule has 0 aliphatic carbocycles. The number of rotatable bonds is 8. The van der Waals surface area contributed by atoms with Gasteiger partial charge in [-0.1, -0.05) is 0 Å². The van der Waals surface area contributed by atoms with Gasteiger partial charge in [-0.05, 0) is 53.1 Å². The summed E-state index contributed by atoms with van der Waals surface area (Å²) >= 11 is 0. The van der Waals surface area contributed by atoms with E-state index < -0.39 is 16.6 Å². The molecule has 0 N–H and O–H groups in total. The maximum absolute atomic E-state index is 5.91. The van der Waals surface area contributed by atoms with E-state index in [1.165, 1.54) is 0 Å². The van der Waals surface area contributed by atoms with E-state index in [1.807, 2.05) is 13.8 Å². The monoisotopic (exact) mass is 292 g/mol. The maximum Gasteiger partial charge on any atom is 0.349 e. The fraction of sp³-hybridized carbons (Fsp3) is 0.833. The lowest BCUT2D eigenvalue weighted by Crippen LogP contribution is -2.30. The van der Waals surface area contributed by atoms with Gasteiger partial charge in [0.25, 0.3) is 0 Å². The molecule has 0 heterocycles. The van der Waals surface area contributed by atoms with Gasteiger partial charge in [-0.2, -0.15) is 0 Å². The van der Waals surface area contributed by atoms with Gasteiger partial charge in [0.1, 0.15) is 0 Å². The lowest BCUT2D eigenvalue weighted by atomic mass is 10.8. The predicted octanol–water partition coefficient (Wildman–Crippen LogP) is 3.89. The Kier molecular flexibility index (Phi) is 6.84. The average molecular weight is 293 g/mol. The molecule has 0 spiro atoms. The summed E-state index contributed by atoms with van der Waals surface area (Å²) in [5.74, 6) is 0.807. The van der Waals surface area contributed by atoms with Crippen molar-refractivity contribution in [3.05, 3.63) is 11.9 Å². The van der Waals surface area contributed by atoms with E-state index in [0.717, 1.165) is 0 Å². The van der Waals surface area contributed by atoms with Crippen LogP contribution in [-0.2, 0) is 18.3 Å². The third-order valence-corrected chi connectivity index (χ3v) is 3.11. The maximum atomic E-state index is 5.91. The molecule has 6 heteroatoms. The topological polar surface area (TPSA) is 36.9 Å². The first-order valence-electron chi connectivity index (χ1n) is 6.47. The predicted molar refractivity (Wildman–Crippen MR) is 79.1 cm³/mol. The molecule has 0 bridgehead atoms. The van der Waals surface area contributed by atoms with Crippen molar-refractivity contribution in [3.8, 4) is 0 Å². The van der Waals surface area contributed by atoms with Gasteiger partial charge in [0, 0.05) is 0 Å². The summed E-state index contributed by atoms with van der Waals surface area (Å²) in [6, 6.07) is 0. The van der Waals surface area contributed by atoms with Gasteiger partial charge in [-0.25, -0.2) is 0 Å². The molecule has 0 amide bonds. The van der Waals surface area contributed by atoms with Crippen molar-refractivity contribution in [2.45, 2.75) is 53.1 Å². The van der Waals surface area contributed by atoms with E-state index in [0.29, 0.717) is 25.1 Å². The molecule has 0 aliphatic rings. The fourth-order valence-corrected chi connectivity index (χ4v) is 2.48. The van der Waals surface area contributed by atoms with Crippen molar-refractivity contribution >= 4 is 16.6 Å². The molecule has 0 aliphatic heterocycles. The summed E-state index contributed by atoms with van der Waals surface area (Å²) in [7, 11) is -3.50. The Morgan fingerprint density at radius 3 is 1.11 bits per heavy atom. The van der Waals surface area contributed by atoms with Crippen molar-refractivity contribution in [3.63, 3.8) is 0 Å². The van der Waals surface area contributed by atoms with Crippen LogP contribution in [0.25, 0.3) is 0 Å². The van der Waals surface area contributed by atoms with Crippen molar-refractivity contribution in [1.82, 2.24) is 0 Å². The van der Waals surface area contributed by atoms with Crippen LogP contribution in [0.2, 0.25) is 39.3 Å². The van der Waals surface area contributed by atoms with Gasteiger partial charge in [0.2, 0.25) is 16.6 Å². The van der Waals surface area contributed by atoms with Crippen molar-refractivity contribution < 1.29 is 18.3 Å². The van der Waals surface area contributed by atoms with Crippen LogP contribution in [-0.4, -0.2) is 29.8 Å². The summed E-state index contributed by atoms with van der Waals surface area (Å²) in [6.45, 7) is 17.5. The van der Waals surface area contributed by atoms with E-state index in [-0.39, 0.29) is 0 Å². The summed E-state index contributed by atoms with van der Waals surface area (Å²) in [5, 5.41) is 0. The van der Waals surface area contributed by atoms with Gasteiger partial charge in [-0.15, -0.1) is 0 Å². The standard InChI is InChI=1S/C12H28O4Si2/c1-9-13-11(15-17(3,4)5)12(14-10-2)16-18(6,7)8/h9-10H2,1-8H3/b12-11+. The molecule has 0 rings (SSSR count). The molecule has 0 aromatic heterocycles. The lowest BCUT2D eigenvalue weighted by Gasteiger charge is -2.26. The Balaban J connectivity index is 5.14. The first kappa shape index (κ1) is 17.4. The Hall–Kier alpha value is -0.626. The lowest BCUT2D eigenvalue weighted by molar-refractivity contribution is 0.0269. The van der Waals surface area contributed by atoms with Crippen LogP contribution in [0.1, 0.15) is 13.8 Å². The summed E-state index contributed by atoms with van der Waals surface area (Å²) in [4.78, 5) is 0. The van der Waals surface area contributed by atoms with Crippen LogP contribution in [0.5, 0.6) is 0 Å². The van der Waals surface area contributed by atoms with E-state index in [9.17, 15) is 0 Å². The second kappa shape index (κ2) is 7.08. The SMILES string of the molecule is CCO/C(O[Si](C)(C)C)=C(/OCC)O[Si](C)(C)C. The first-order chi connectivity index (χ1) is 8.09. The summed E-state index contributed by atoms with van der Waals surface area (Å²) in [5.41, 5.74) is 0. The van der Waals surface area contributed by atoms with Crippen LogP contribution >= 0.6 is 0 Å². The second-order valence-electron chi connectivity index (χ2n) is 5.87. The molecular weight excluding hydrogens is 264 g/mol. The summed E-state index contributed by atoms with van der Waals surface area (Å²) < 4.78 is 22.9. The zero-order valence-corrected chi connectivity index (χ0v) is 15.0. The molecule has 0 fully saturated rings. The van der Waals surface area contributed by atoms with Gasteiger partial charge >= 0.3 is 11.9 Å². The number of ether oxygens (including phenoxy) is 2. The highest BCUT2D eigenvalue weighted by Gasteiger charge is 2.27. The van der Waals surface area contributed by atoms with E-state index in [1.54, 1.807) is 0 Å². The molecular formula is C12H28O4Si2. The number of hydrogen-bond acceptors (Lipinski definition) is 4. The molecule has 0 saturated heterocycles. The van der Waals surface area contributed by atoms with Crippen LogP contribution < -0.4 is 0 Å². The minimum Gasteiger partial charge on any atom is -0.515 e. The Morgan fingerprint density at radius 2 is 0.944 bits per heavy atom. The molecule has 0 saturated carbocycles. The quantitative estimate of drug-likeness (QED) is 0.502. The average Bonchev–Trinajstić information content (AvgIpc) is 2.12. The largest absolute Gasteiger partial charge is 0.515 e. The molecule has 0 aromatic rings. The molecule has 0 atom stereocenters. The highest BCUT2D eigenvalue weighted by Crippen LogP contribution is 2.21. The van der Waals surface area contributed by atoms with Crippen LogP contribution in [0.4, 0.5) is 0 Å². The molecule has 4 nitrogen and oxygen atoms in total. The molecule has 108 valence electrons. The minimum absolute atomic E-state index is 0.404. The third-order valence-electron chi connectivity index (χ3n) is 1.52. The van der Waals surface area contributed by atoms with Crippen molar-refractivity contribution in [2.75, 3.05) is 13.2 Å². The highest BCUT2D eigenvalue weighted by atomic mass is 28.4. The van der Waals surface area contributed by atoms with Gasteiger partial charge in [0.15, 0.2) is 0 Å². The normalized spacial score (nSPS) is 13.8. The Bertz CT molecular complexity index is 249. The van der Waals surface area contributed by atoms with E-state index >= 15 is 0 Å². The van der Waals surface area contributed by atoms with Crippen molar-refractivity contribution in [1.29, 1.82) is 0 Å². The van der Waals surface area contributed by atoms with E-state index in [2.05, 4.69) is 39.3 Å². The van der Waals surface area contributed by atoms with Crippen LogP contribution in [0, 0.1) is 0 Å². The van der Waals surface area contributed by atoms with E-state index in [4.69, 9.17) is 18.3 Å². The van der Waals surface area contributed by atoms with Gasteiger partial charge in [0.05, 0.1) is 13.2 Å². The van der Waals surface area contributed by atoms with Crippen molar-refractivity contribution in [2.24, 2.45) is 0 Å². The fourth-order valence-electron chi connectivity index (χ4n) is 1.08. The molecule has 18 heavy (non-hydrogen) atoms. The molecule has 0 aromatic carbocycles. The zero-order valence-electron chi connectivity index (χ0n) is 13.0. The first-order valence-corrected chi connectivity index (χ1v) is 13.3. The highest BCUT2D eigenvalue weighted by molar-refractivity contribution is 6.70. The van der Waals surface area contributed by atoms with Crippen LogP contribution in [0.3, 0.4) is 0 Å². The van der Waals surface area contributed by atoms with Gasteiger partial charge < -0.3 is 18.3 Å². The third kappa shape index (κ3) is 8.46. The summed E-state index contributed by atoms with van der Waals surface area (Å²) in [6.07, 6.45) is 0. The Morgan fingerprint density at radius 1 is 0.667 bits per heavy atom.